The van der Waals surface area contributed by atoms with Crippen molar-refractivity contribution in [3.63, 3.8) is 0 Å². The Bertz CT molecular complexity index is 683. The summed E-state index contributed by atoms with van der Waals surface area (Å²) in [5, 5.41) is 9.71. The molecule has 0 unspecified atom stereocenters. The van der Waals surface area contributed by atoms with E-state index in [0.717, 1.165) is 0 Å². The first kappa shape index (κ1) is 14.6. The van der Waals surface area contributed by atoms with Crippen LogP contribution in [0.4, 0.5) is 8.78 Å². The number of alkyl halides is 2. The van der Waals surface area contributed by atoms with E-state index >= 15 is 0 Å². The summed E-state index contributed by atoms with van der Waals surface area (Å²) in [4.78, 5) is 0. The van der Waals surface area contributed by atoms with E-state index in [1.165, 1.54) is 12.1 Å². The Morgan fingerprint density at radius 1 is 1.10 bits per heavy atom. The van der Waals surface area contributed by atoms with Gasteiger partial charge in [0.15, 0.2) is 0 Å². The van der Waals surface area contributed by atoms with Gasteiger partial charge in [0.05, 0.1) is 5.56 Å². The SMILES string of the molecule is N#Cc1ccc(-c2ccc(Cl)cc2Cl)cc1OC(F)F. The summed E-state index contributed by atoms with van der Waals surface area (Å²) >= 11 is 11.9. The number of hydrogen-bond acceptors (Lipinski definition) is 2. The largest absolute Gasteiger partial charge is 0.433 e. The zero-order valence-electron chi connectivity index (χ0n) is 9.91. The summed E-state index contributed by atoms with van der Waals surface area (Å²) in [6, 6.07) is 11.0. The molecule has 0 N–H and O–H groups in total. The highest BCUT2D eigenvalue weighted by Crippen LogP contribution is 2.33. The third kappa shape index (κ3) is 3.19. The third-order valence-electron chi connectivity index (χ3n) is 2.56. The molecule has 2 rings (SSSR count). The average Bonchev–Trinajstić information content (AvgIpc) is 2.38. The molecule has 0 saturated heterocycles. The van der Waals surface area contributed by atoms with Crippen molar-refractivity contribution < 1.29 is 13.5 Å². The van der Waals surface area contributed by atoms with Crippen LogP contribution in [0.3, 0.4) is 0 Å². The summed E-state index contributed by atoms with van der Waals surface area (Å²) in [6.45, 7) is -3.00. The predicted octanol–water partition coefficient (Wildman–Crippen LogP) is 5.13. The van der Waals surface area contributed by atoms with Crippen LogP contribution in [-0.2, 0) is 0 Å². The van der Waals surface area contributed by atoms with Gasteiger partial charge in [0.2, 0.25) is 0 Å². The van der Waals surface area contributed by atoms with Gasteiger partial charge in [0.25, 0.3) is 0 Å². The van der Waals surface area contributed by atoms with Crippen LogP contribution >= 0.6 is 23.2 Å². The Labute approximate surface area is 124 Å². The van der Waals surface area contributed by atoms with Crippen molar-refractivity contribution >= 4 is 23.2 Å². The Morgan fingerprint density at radius 3 is 2.45 bits per heavy atom. The van der Waals surface area contributed by atoms with E-state index in [9.17, 15) is 8.78 Å². The Kier molecular flexibility index (Phi) is 4.43. The fourth-order valence-corrected chi connectivity index (χ4v) is 2.22. The first-order valence-electron chi connectivity index (χ1n) is 5.45. The van der Waals surface area contributed by atoms with Crippen molar-refractivity contribution in [3.8, 4) is 22.9 Å². The highest BCUT2D eigenvalue weighted by molar-refractivity contribution is 6.36. The summed E-state index contributed by atoms with van der Waals surface area (Å²) in [6.07, 6.45) is 0. The Hall–Kier alpha value is -1.83. The minimum absolute atomic E-state index is 0.0270. The molecule has 2 aromatic rings. The highest BCUT2D eigenvalue weighted by Gasteiger charge is 2.12. The predicted molar refractivity (Wildman–Crippen MR) is 73.2 cm³/mol. The monoisotopic (exact) mass is 313 g/mol. The lowest BCUT2D eigenvalue weighted by Gasteiger charge is -2.10. The molecule has 0 bridgehead atoms. The van der Waals surface area contributed by atoms with Crippen molar-refractivity contribution in [3.05, 3.63) is 52.0 Å². The van der Waals surface area contributed by atoms with Crippen molar-refractivity contribution in [2.45, 2.75) is 6.61 Å². The van der Waals surface area contributed by atoms with Crippen molar-refractivity contribution in [2.75, 3.05) is 0 Å². The summed E-state index contributed by atoms with van der Waals surface area (Å²) in [7, 11) is 0. The van der Waals surface area contributed by atoms with Gasteiger partial charge in [-0.05, 0) is 29.8 Å². The number of benzene rings is 2. The first-order valence-corrected chi connectivity index (χ1v) is 6.21. The van der Waals surface area contributed by atoms with E-state index in [1.807, 2.05) is 0 Å². The molecule has 102 valence electrons. The van der Waals surface area contributed by atoms with Crippen molar-refractivity contribution in [1.82, 2.24) is 0 Å². The molecule has 0 aliphatic rings. The number of ether oxygens (including phenoxy) is 1. The molecular weight excluding hydrogens is 307 g/mol. The molecule has 0 atom stereocenters. The van der Waals surface area contributed by atoms with Gasteiger partial charge < -0.3 is 4.74 Å². The first-order chi connectivity index (χ1) is 9.51. The lowest BCUT2D eigenvalue weighted by atomic mass is 10.0. The summed E-state index contributed by atoms with van der Waals surface area (Å²) in [5.74, 6) is -0.189. The number of nitrogens with zero attached hydrogens (tertiary/aromatic N) is 1. The molecule has 0 radical (unpaired) electrons. The van der Waals surface area contributed by atoms with E-state index in [-0.39, 0.29) is 11.3 Å². The number of nitriles is 1. The molecule has 0 aliphatic carbocycles. The minimum atomic E-state index is -3.00. The standard InChI is InChI=1S/C14H7Cl2F2NO/c15-10-3-4-11(12(16)6-10)8-1-2-9(7-19)13(5-8)20-14(17)18/h1-6,14H. The van der Waals surface area contributed by atoms with Crippen LogP contribution in [0.5, 0.6) is 5.75 Å². The lowest BCUT2D eigenvalue weighted by Crippen LogP contribution is -2.03. The maximum Gasteiger partial charge on any atom is 0.387 e. The second kappa shape index (κ2) is 6.08. The maximum atomic E-state index is 12.3. The topological polar surface area (TPSA) is 33.0 Å². The van der Waals surface area contributed by atoms with Gasteiger partial charge >= 0.3 is 6.61 Å². The molecule has 0 amide bonds. The van der Waals surface area contributed by atoms with E-state index in [2.05, 4.69) is 4.74 Å². The van der Waals surface area contributed by atoms with Gasteiger partial charge in [0, 0.05) is 15.6 Å². The van der Waals surface area contributed by atoms with Crippen molar-refractivity contribution in [1.29, 1.82) is 5.26 Å². The molecule has 2 aromatic carbocycles. The van der Waals surface area contributed by atoms with Crippen LogP contribution < -0.4 is 4.74 Å². The average molecular weight is 314 g/mol. The lowest BCUT2D eigenvalue weighted by molar-refractivity contribution is -0.0500. The van der Waals surface area contributed by atoms with Gasteiger partial charge in [0.1, 0.15) is 11.8 Å². The van der Waals surface area contributed by atoms with Crippen LogP contribution in [-0.4, -0.2) is 6.61 Å². The van der Waals surface area contributed by atoms with E-state index < -0.39 is 6.61 Å². The fraction of sp³-hybridized carbons (Fsp3) is 0.0714. The summed E-state index contributed by atoms with van der Waals surface area (Å²) < 4.78 is 29.0. The molecule has 6 heteroatoms. The maximum absolute atomic E-state index is 12.3. The second-order valence-corrected chi connectivity index (χ2v) is 4.67. The molecule has 0 spiro atoms. The van der Waals surface area contributed by atoms with Gasteiger partial charge in [-0.25, -0.2) is 0 Å². The minimum Gasteiger partial charge on any atom is -0.433 e. The Morgan fingerprint density at radius 2 is 1.85 bits per heavy atom. The van der Waals surface area contributed by atoms with E-state index in [1.54, 1.807) is 30.3 Å². The van der Waals surface area contributed by atoms with Crippen LogP contribution in [0.25, 0.3) is 11.1 Å². The number of hydrogen-bond donors (Lipinski definition) is 0. The zero-order chi connectivity index (χ0) is 14.7. The normalized spacial score (nSPS) is 10.4. The second-order valence-electron chi connectivity index (χ2n) is 3.83. The fourth-order valence-electron chi connectivity index (χ4n) is 1.70. The van der Waals surface area contributed by atoms with Gasteiger partial charge in [-0.1, -0.05) is 35.3 Å². The zero-order valence-corrected chi connectivity index (χ0v) is 11.4. The molecule has 0 aromatic heterocycles. The molecule has 0 saturated carbocycles. The number of halogens is 4. The van der Waals surface area contributed by atoms with Crippen LogP contribution in [0.2, 0.25) is 10.0 Å². The summed E-state index contributed by atoms with van der Waals surface area (Å²) in [5.41, 5.74) is 1.19. The van der Waals surface area contributed by atoms with Gasteiger partial charge in [-0.2, -0.15) is 14.0 Å². The van der Waals surface area contributed by atoms with Crippen LogP contribution in [0.1, 0.15) is 5.56 Å². The Balaban J connectivity index is 2.50. The van der Waals surface area contributed by atoms with Gasteiger partial charge in [-0.15, -0.1) is 0 Å². The molecule has 2 nitrogen and oxygen atoms in total. The van der Waals surface area contributed by atoms with E-state index in [0.29, 0.717) is 21.2 Å². The molecular formula is C14H7Cl2F2NO. The quantitative estimate of drug-likeness (QED) is 0.786. The molecule has 0 fully saturated rings. The van der Waals surface area contributed by atoms with Crippen LogP contribution in [0.15, 0.2) is 36.4 Å². The highest BCUT2D eigenvalue weighted by atomic mass is 35.5. The van der Waals surface area contributed by atoms with Gasteiger partial charge in [-0.3, -0.25) is 0 Å². The van der Waals surface area contributed by atoms with Crippen LogP contribution in [0, 0.1) is 11.3 Å². The van der Waals surface area contributed by atoms with Crippen molar-refractivity contribution in [2.24, 2.45) is 0 Å². The molecule has 0 heterocycles. The smallest absolute Gasteiger partial charge is 0.387 e. The van der Waals surface area contributed by atoms with E-state index in [4.69, 9.17) is 28.5 Å². The molecule has 0 aliphatic heterocycles. The third-order valence-corrected chi connectivity index (χ3v) is 3.11. The molecule has 20 heavy (non-hydrogen) atoms. The number of rotatable bonds is 3.